The van der Waals surface area contributed by atoms with Crippen LogP contribution in [0.4, 0.5) is 0 Å². The monoisotopic (exact) mass is 314 g/mol. The molecule has 2 aromatic heterocycles. The van der Waals surface area contributed by atoms with Crippen LogP contribution in [0.15, 0.2) is 27.6 Å². The molecule has 1 saturated heterocycles. The molecule has 3 heterocycles. The lowest BCUT2D eigenvalue weighted by molar-refractivity contribution is 0.215. The van der Waals surface area contributed by atoms with Crippen LogP contribution in [0.25, 0.3) is 0 Å². The number of hydrogen-bond acceptors (Lipinski definition) is 5. The molecule has 1 aliphatic carbocycles. The molecule has 1 saturated carbocycles. The van der Waals surface area contributed by atoms with Gasteiger partial charge < -0.3 is 4.52 Å². The summed E-state index contributed by atoms with van der Waals surface area (Å²) in [6.45, 7) is 4.49. The van der Waals surface area contributed by atoms with Crippen LogP contribution in [0.5, 0.6) is 0 Å². The van der Waals surface area contributed by atoms with Gasteiger partial charge in [0.15, 0.2) is 0 Å². The summed E-state index contributed by atoms with van der Waals surface area (Å²) in [5.41, 5.74) is 2.20. The van der Waals surface area contributed by atoms with Crippen LogP contribution in [0.3, 0.4) is 0 Å². The molecule has 0 amide bonds. The first kappa shape index (κ1) is 14.6. The second-order valence-electron chi connectivity index (χ2n) is 6.73. The average molecular weight is 314 g/mol. The van der Waals surface area contributed by atoms with E-state index in [-0.39, 0.29) is 5.56 Å². The van der Waals surface area contributed by atoms with Crippen molar-refractivity contribution in [3.63, 3.8) is 0 Å². The van der Waals surface area contributed by atoms with E-state index in [2.05, 4.69) is 15.2 Å². The van der Waals surface area contributed by atoms with E-state index in [0.717, 1.165) is 42.9 Å². The standard InChI is InChI=1S/C17H22N4O2/c1-12-14(9-18-23-12)10-20-8-2-3-15(20)11-21-17(22)7-6-16(19-21)13-4-5-13/h6-7,9,13,15H,2-5,8,10-11H2,1H3. The van der Waals surface area contributed by atoms with Crippen molar-refractivity contribution in [3.05, 3.63) is 45.7 Å². The highest BCUT2D eigenvalue weighted by Crippen LogP contribution is 2.38. The highest BCUT2D eigenvalue weighted by molar-refractivity contribution is 5.13. The zero-order valence-corrected chi connectivity index (χ0v) is 13.4. The maximum atomic E-state index is 12.1. The van der Waals surface area contributed by atoms with Crippen molar-refractivity contribution >= 4 is 0 Å². The zero-order valence-electron chi connectivity index (χ0n) is 13.4. The van der Waals surface area contributed by atoms with Gasteiger partial charge in [0.2, 0.25) is 0 Å². The minimum absolute atomic E-state index is 0.00223. The molecular weight excluding hydrogens is 292 g/mol. The van der Waals surface area contributed by atoms with E-state index in [4.69, 9.17) is 4.52 Å². The Balaban J connectivity index is 1.50. The van der Waals surface area contributed by atoms with Crippen LogP contribution in [-0.2, 0) is 13.1 Å². The number of hydrogen-bond donors (Lipinski definition) is 0. The lowest BCUT2D eigenvalue weighted by atomic mass is 10.2. The summed E-state index contributed by atoms with van der Waals surface area (Å²) in [6.07, 6.45) is 6.46. The molecule has 0 radical (unpaired) electrons. The summed E-state index contributed by atoms with van der Waals surface area (Å²) in [5.74, 6) is 1.45. The molecule has 6 heteroatoms. The Morgan fingerprint density at radius 3 is 2.91 bits per heavy atom. The first-order chi connectivity index (χ1) is 11.2. The Kier molecular flexibility index (Phi) is 3.77. The first-order valence-corrected chi connectivity index (χ1v) is 8.43. The average Bonchev–Trinajstić information content (AvgIpc) is 3.19. The quantitative estimate of drug-likeness (QED) is 0.845. The van der Waals surface area contributed by atoms with E-state index >= 15 is 0 Å². The molecule has 0 aromatic carbocycles. The van der Waals surface area contributed by atoms with Gasteiger partial charge in [-0.2, -0.15) is 5.10 Å². The number of nitrogens with zero attached hydrogens (tertiary/aromatic N) is 4. The second kappa shape index (κ2) is 5.92. The Hall–Kier alpha value is -1.95. The molecule has 4 rings (SSSR count). The van der Waals surface area contributed by atoms with Gasteiger partial charge in [0.25, 0.3) is 5.56 Å². The van der Waals surface area contributed by atoms with E-state index in [1.165, 1.54) is 12.8 Å². The topological polar surface area (TPSA) is 64.2 Å². The second-order valence-corrected chi connectivity index (χ2v) is 6.73. The zero-order chi connectivity index (χ0) is 15.8. The summed E-state index contributed by atoms with van der Waals surface area (Å²) in [5, 5.41) is 8.45. The third-order valence-electron chi connectivity index (χ3n) is 4.99. The lowest BCUT2D eigenvalue weighted by Crippen LogP contribution is -2.36. The summed E-state index contributed by atoms with van der Waals surface area (Å²) in [4.78, 5) is 14.6. The maximum Gasteiger partial charge on any atom is 0.266 e. The SMILES string of the molecule is Cc1oncc1CN1CCCC1Cn1nc(C2CC2)ccc1=O. The molecule has 2 aromatic rings. The van der Waals surface area contributed by atoms with Crippen molar-refractivity contribution in [2.45, 2.75) is 57.7 Å². The van der Waals surface area contributed by atoms with Crippen LogP contribution >= 0.6 is 0 Å². The van der Waals surface area contributed by atoms with Gasteiger partial charge >= 0.3 is 0 Å². The highest BCUT2D eigenvalue weighted by Gasteiger charge is 2.28. The number of aryl methyl sites for hydroxylation is 1. The van der Waals surface area contributed by atoms with E-state index in [9.17, 15) is 4.79 Å². The van der Waals surface area contributed by atoms with Gasteiger partial charge in [0.1, 0.15) is 5.76 Å². The molecule has 1 aliphatic heterocycles. The molecule has 23 heavy (non-hydrogen) atoms. The summed E-state index contributed by atoms with van der Waals surface area (Å²) in [7, 11) is 0. The van der Waals surface area contributed by atoms with Crippen molar-refractivity contribution < 1.29 is 4.52 Å². The minimum Gasteiger partial charge on any atom is -0.361 e. The molecule has 1 atom stereocenters. The fourth-order valence-electron chi connectivity index (χ4n) is 3.39. The number of rotatable bonds is 5. The van der Waals surface area contributed by atoms with Crippen LogP contribution in [-0.4, -0.2) is 32.4 Å². The van der Waals surface area contributed by atoms with E-state index in [1.807, 2.05) is 13.0 Å². The highest BCUT2D eigenvalue weighted by atomic mass is 16.5. The third-order valence-corrected chi connectivity index (χ3v) is 4.99. The molecule has 122 valence electrons. The van der Waals surface area contributed by atoms with Gasteiger partial charge in [-0.3, -0.25) is 9.69 Å². The molecule has 0 bridgehead atoms. The molecule has 0 N–H and O–H groups in total. The molecular formula is C17H22N4O2. The number of likely N-dealkylation sites (tertiary alicyclic amines) is 1. The lowest BCUT2D eigenvalue weighted by Gasteiger charge is -2.24. The van der Waals surface area contributed by atoms with Crippen molar-refractivity contribution in [1.29, 1.82) is 0 Å². The summed E-state index contributed by atoms with van der Waals surface area (Å²) in [6, 6.07) is 3.91. The fourth-order valence-corrected chi connectivity index (χ4v) is 3.39. The molecule has 0 spiro atoms. The van der Waals surface area contributed by atoms with Gasteiger partial charge in [0.05, 0.1) is 18.4 Å². The Morgan fingerprint density at radius 1 is 1.30 bits per heavy atom. The first-order valence-electron chi connectivity index (χ1n) is 8.43. The van der Waals surface area contributed by atoms with Gasteiger partial charge in [-0.1, -0.05) is 5.16 Å². The maximum absolute atomic E-state index is 12.1. The number of aromatic nitrogens is 3. The summed E-state index contributed by atoms with van der Waals surface area (Å²) < 4.78 is 6.82. The van der Waals surface area contributed by atoms with Gasteiger partial charge in [0, 0.05) is 30.1 Å². The van der Waals surface area contributed by atoms with Crippen LogP contribution in [0.2, 0.25) is 0 Å². The Morgan fingerprint density at radius 2 is 2.17 bits per heavy atom. The van der Waals surface area contributed by atoms with Crippen LogP contribution in [0, 0.1) is 6.92 Å². The predicted molar refractivity (Wildman–Crippen MR) is 85.1 cm³/mol. The Bertz CT molecular complexity index is 747. The normalized spacial score (nSPS) is 21.9. The molecule has 6 nitrogen and oxygen atoms in total. The van der Waals surface area contributed by atoms with Crippen molar-refractivity contribution in [2.24, 2.45) is 0 Å². The van der Waals surface area contributed by atoms with Crippen LogP contribution in [0.1, 0.15) is 48.6 Å². The smallest absolute Gasteiger partial charge is 0.266 e. The molecule has 1 unspecified atom stereocenters. The molecule has 2 fully saturated rings. The molecule has 2 aliphatic rings. The van der Waals surface area contributed by atoms with E-state index in [0.29, 0.717) is 18.5 Å². The van der Waals surface area contributed by atoms with Gasteiger partial charge in [-0.05, 0) is 45.2 Å². The third kappa shape index (κ3) is 3.08. The fraction of sp³-hybridized carbons (Fsp3) is 0.588. The van der Waals surface area contributed by atoms with Crippen LogP contribution < -0.4 is 5.56 Å². The van der Waals surface area contributed by atoms with Gasteiger partial charge in [-0.15, -0.1) is 0 Å². The minimum atomic E-state index is 0.00223. The van der Waals surface area contributed by atoms with E-state index < -0.39 is 0 Å². The van der Waals surface area contributed by atoms with Crippen molar-refractivity contribution in [1.82, 2.24) is 19.8 Å². The van der Waals surface area contributed by atoms with E-state index in [1.54, 1.807) is 16.9 Å². The van der Waals surface area contributed by atoms with Crippen molar-refractivity contribution in [2.75, 3.05) is 6.54 Å². The van der Waals surface area contributed by atoms with Crippen molar-refractivity contribution in [3.8, 4) is 0 Å². The summed E-state index contributed by atoms with van der Waals surface area (Å²) >= 11 is 0. The predicted octanol–water partition coefficient (Wildman–Crippen LogP) is 2.08. The largest absolute Gasteiger partial charge is 0.361 e. The Labute approximate surface area is 135 Å². The van der Waals surface area contributed by atoms with Gasteiger partial charge in [-0.25, -0.2) is 4.68 Å².